The van der Waals surface area contributed by atoms with Crippen LogP contribution < -0.4 is 10.6 Å². The first-order valence-corrected chi connectivity index (χ1v) is 14.7. The monoisotopic (exact) mass is 585 g/mol. The first kappa shape index (κ1) is 34.1. The molecular formula is C33H48ClN3O4. The molecular weight excluding hydrogens is 538 g/mol. The van der Waals surface area contributed by atoms with Crippen molar-refractivity contribution in [2.24, 2.45) is 5.92 Å². The highest BCUT2D eigenvalue weighted by molar-refractivity contribution is 6.34. The molecule has 2 aromatic rings. The van der Waals surface area contributed by atoms with E-state index in [0.29, 0.717) is 29.1 Å². The van der Waals surface area contributed by atoms with Crippen molar-refractivity contribution in [2.75, 3.05) is 5.32 Å². The molecule has 3 amide bonds. The van der Waals surface area contributed by atoms with E-state index in [0.717, 1.165) is 16.7 Å². The second-order valence-corrected chi connectivity index (χ2v) is 13.3. The molecule has 2 N–H and O–H groups in total. The maximum Gasteiger partial charge on any atom is 0.408 e. The van der Waals surface area contributed by atoms with E-state index in [1.807, 2.05) is 85.7 Å². The first-order chi connectivity index (χ1) is 18.9. The zero-order valence-corrected chi connectivity index (χ0v) is 27.3. The number of alkyl carbamates (subject to hydrolysis) is 1. The summed E-state index contributed by atoms with van der Waals surface area (Å²) in [6.45, 7) is 21.0. The third kappa shape index (κ3) is 9.22. The van der Waals surface area contributed by atoms with E-state index in [-0.39, 0.29) is 17.7 Å². The summed E-state index contributed by atoms with van der Waals surface area (Å²) < 4.78 is 5.51. The fourth-order valence-corrected chi connectivity index (χ4v) is 5.04. The topological polar surface area (TPSA) is 87.7 Å². The van der Waals surface area contributed by atoms with Gasteiger partial charge in [-0.3, -0.25) is 9.59 Å². The van der Waals surface area contributed by atoms with Gasteiger partial charge in [-0.2, -0.15) is 0 Å². The Balaban J connectivity index is 2.73. The predicted octanol–water partition coefficient (Wildman–Crippen LogP) is 7.90. The molecule has 0 aromatic heterocycles. The van der Waals surface area contributed by atoms with Gasteiger partial charge in [-0.1, -0.05) is 68.3 Å². The van der Waals surface area contributed by atoms with E-state index in [9.17, 15) is 14.4 Å². The second-order valence-electron chi connectivity index (χ2n) is 12.9. The standard InChI is InChI=1S/C33H48ClN3O4/c1-12-33(10,11)37(30(39)26(18-20(2)3)35-31(40)41-32(7,8)9)28(24-17-16-21(4)19-23(24)6)29(38)36-27-22(5)14-13-15-25(27)34/h13-17,19-20,26,28H,12,18H2,1-11H3,(H,35,40)(H,36,38). The number of hydrogen-bond donors (Lipinski definition) is 2. The Morgan fingerprint density at radius 1 is 0.976 bits per heavy atom. The average molecular weight is 586 g/mol. The minimum atomic E-state index is -0.996. The number of amides is 3. The molecule has 0 saturated carbocycles. The minimum absolute atomic E-state index is 0.0876. The van der Waals surface area contributed by atoms with Gasteiger partial charge in [-0.15, -0.1) is 0 Å². The molecule has 0 aliphatic carbocycles. The van der Waals surface area contributed by atoms with Crippen LogP contribution in [0.1, 0.15) is 96.5 Å². The number of rotatable bonds is 10. The fraction of sp³-hybridized carbons (Fsp3) is 0.545. The van der Waals surface area contributed by atoms with Gasteiger partial charge in [-0.05, 0) is 96.9 Å². The lowest BCUT2D eigenvalue weighted by Gasteiger charge is -2.45. The number of carbonyl (C=O) groups is 3. The number of nitrogens with one attached hydrogen (secondary N) is 2. The van der Waals surface area contributed by atoms with Crippen molar-refractivity contribution < 1.29 is 19.1 Å². The number of benzene rings is 2. The zero-order chi connectivity index (χ0) is 31.3. The van der Waals surface area contributed by atoms with Gasteiger partial charge in [0.15, 0.2) is 0 Å². The number of hydrogen-bond acceptors (Lipinski definition) is 4. The molecule has 0 aliphatic heterocycles. The van der Waals surface area contributed by atoms with E-state index in [4.69, 9.17) is 16.3 Å². The molecule has 7 nitrogen and oxygen atoms in total. The predicted molar refractivity (Wildman–Crippen MR) is 167 cm³/mol. The number of carbonyl (C=O) groups excluding carboxylic acids is 3. The Morgan fingerprint density at radius 2 is 1.61 bits per heavy atom. The lowest BCUT2D eigenvalue weighted by molar-refractivity contribution is -0.148. The Bertz CT molecular complexity index is 1230. The molecule has 0 radical (unpaired) electrons. The molecule has 0 fully saturated rings. The molecule has 2 aromatic carbocycles. The van der Waals surface area contributed by atoms with Gasteiger partial charge < -0.3 is 20.3 Å². The quantitative estimate of drug-likeness (QED) is 0.296. The summed E-state index contributed by atoms with van der Waals surface area (Å²) >= 11 is 6.50. The number of nitrogens with zero attached hydrogens (tertiary/aromatic N) is 1. The zero-order valence-electron chi connectivity index (χ0n) is 26.6. The molecule has 2 rings (SSSR count). The molecule has 41 heavy (non-hydrogen) atoms. The van der Waals surface area contributed by atoms with Crippen molar-refractivity contribution in [2.45, 2.75) is 112 Å². The van der Waals surface area contributed by atoms with Crippen LogP contribution in [-0.4, -0.2) is 40.0 Å². The van der Waals surface area contributed by atoms with Crippen LogP contribution in [-0.2, 0) is 14.3 Å². The molecule has 0 bridgehead atoms. The summed E-state index contributed by atoms with van der Waals surface area (Å²) in [6, 6.07) is 9.36. The normalized spacial score (nSPS) is 13.4. The van der Waals surface area contributed by atoms with Crippen LogP contribution in [0.3, 0.4) is 0 Å². The first-order valence-electron chi connectivity index (χ1n) is 14.3. The molecule has 0 aliphatic rings. The van der Waals surface area contributed by atoms with E-state index < -0.39 is 29.3 Å². The summed E-state index contributed by atoms with van der Waals surface area (Å²) in [5.41, 5.74) is 2.45. The van der Waals surface area contributed by atoms with Gasteiger partial charge >= 0.3 is 6.09 Å². The fourth-order valence-electron chi connectivity index (χ4n) is 4.77. The number of ether oxygens (including phenoxy) is 1. The van der Waals surface area contributed by atoms with Crippen LogP contribution in [0.25, 0.3) is 0 Å². The van der Waals surface area contributed by atoms with Gasteiger partial charge in [-0.25, -0.2) is 4.79 Å². The Hall–Kier alpha value is -3.06. The third-order valence-corrected chi connectivity index (χ3v) is 7.46. The van der Waals surface area contributed by atoms with Gasteiger partial charge in [0.25, 0.3) is 5.91 Å². The van der Waals surface area contributed by atoms with Gasteiger partial charge in [0.05, 0.1) is 10.7 Å². The summed E-state index contributed by atoms with van der Waals surface area (Å²) in [5.74, 6) is -0.652. The Morgan fingerprint density at radius 3 is 2.12 bits per heavy atom. The Labute approximate surface area is 251 Å². The highest BCUT2D eigenvalue weighted by atomic mass is 35.5. The van der Waals surface area contributed by atoms with Crippen molar-refractivity contribution in [1.82, 2.24) is 10.2 Å². The van der Waals surface area contributed by atoms with Crippen molar-refractivity contribution in [3.63, 3.8) is 0 Å². The highest BCUT2D eigenvalue weighted by Gasteiger charge is 2.44. The van der Waals surface area contributed by atoms with Crippen molar-refractivity contribution in [1.29, 1.82) is 0 Å². The lowest BCUT2D eigenvalue weighted by Crippen LogP contribution is -2.59. The number of aryl methyl sites for hydroxylation is 3. The van der Waals surface area contributed by atoms with Crippen LogP contribution in [0.5, 0.6) is 0 Å². The van der Waals surface area contributed by atoms with Gasteiger partial charge in [0, 0.05) is 5.54 Å². The molecule has 2 unspecified atom stereocenters. The summed E-state index contributed by atoms with van der Waals surface area (Å²) in [6.07, 6.45) is 0.267. The number of anilines is 1. The smallest absolute Gasteiger partial charge is 0.408 e. The molecule has 8 heteroatoms. The van der Waals surface area contributed by atoms with Crippen molar-refractivity contribution in [3.05, 3.63) is 63.7 Å². The maximum absolute atomic E-state index is 14.6. The van der Waals surface area contributed by atoms with Crippen LogP contribution >= 0.6 is 11.6 Å². The van der Waals surface area contributed by atoms with E-state index in [1.165, 1.54) is 0 Å². The molecule has 2 atom stereocenters. The number of para-hydroxylation sites is 1. The van der Waals surface area contributed by atoms with E-state index >= 15 is 0 Å². The minimum Gasteiger partial charge on any atom is -0.444 e. The van der Waals surface area contributed by atoms with Crippen LogP contribution in [0, 0.1) is 26.7 Å². The van der Waals surface area contributed by atoms with Crippen LogP contribution in [0.15, 0.2) is 36.4 Å². The third-order valence-electron chi connectivity index (χ3n) is 7.15. The lowest BCUT2D eigenvalue weighted by atomic mass is 9.89. The SMILES string of the molecule is CCC(C)(C)N(C(=O)C(CC(C)C)NC(=O)OC(C)(C)C)C(C(=O)Nc1c(C)cccc1Cl)c1ccc(C)cc1C. The number of halogens is 1. The summed E-state index contributed by atoms with van der Waals surface area (Å²) in [7, 11) is 0. The molecule has 0 spiro atoms. The van der Waals surface area contributed by atoms with E-state index in [1.54, 1.807) is 31.7 Å². The maximum atomic E-state index is 14.6. The molecule has 0 heterocycles. The van der Waals surface area contributed by atoms with Crippen molar-refractivity contribution in [3.8, 4) is 0 Å². The molecule has 226 valence electrons. The van der Waals surface area contributed by atoms with Gasteiger partial charge in [0.1, 0.15) is 17.7 Å². The molecule has 0 saturated heterocycles. The average Bonchev–Trinajstić information content (AvgIpc) is 2.83. The summed E-state index contributed by atoms with van der Waals surface area (Å²) in [5, 5.41) is 6.25. The highest BCUT2D eigenvalue weighted by Crippen LogP contribution is 2.36. The van der Waals surface area contributed by atoms with Crippen LogP contribution in [0.4, 0.5) is 10.5 Å². The largest absolute Gasteiger partial charge is 0.444 e. The van der Waals surface area contributed by atoms with Crippen molar-refractivity contribution >= 4 is 35.2 Å². The van der Waals surface area contributed by atoms with E-state index in [2.05, 4.69) is 10.6 Å². The Kier molecular flexibility index (Phi) is 11.4. The van der Waals surface area contributed by atoms with Gasteiger partial charge in [0.2, 0.25) is 5.91 Å². The second kappa shape index (κ2) is 13.7. The van der Waals surface area contributed by atoms with Crippen LogP contribution in [0.2, 0.25) is 5.02 Å². The summed E-state index contributed by atoms with van der Waals surface area (Å²) in [4.78, 5) is 43.5.